The van der Waals surface area contributed by atoms with Gasteiger partial charge in [-0.25, -0.2) is 50.2 Å². The maximum atomic E-state index is 12.3. The van der Waals surface area contributed by atoms with Crippen LogP contribution in [0.4, 0.5) is 17.3 Å². The van der Waals surface area contributed by atoms with Crippen molar-refractivity contribution < 1.29 is 59.4 Å². The van der Waals surface area contributed by atoms with Crippen LogP contribution in [0.2, 0.25) is 15.1 Å². The number of halogens is 6. The van der Waals surface area contributed by atoms with E-state index in [0.717, 1.165) is 151 Å². The van der Waals surface area contributed by atoms with E-state index in [0.29, 0.717) is 42.6 Å². The van der Waals surface area contributed by atoms with Gasteiger partial charge in [0.1, 0.15) is 57.3 Å². The summed E-state index contributed by atoms with van der Waals surface area (Å²) in [5.41, 5.74) is 19.8. The van der Waals surface area contributed by atoms with E-state index in [4.69, 9.17) is 69.5 Å². The fourth-order valence-electron chi connectivity index (χ4n) is 12.5. The second-order valence-electron chi connectivity index (χ2n) is 27.2. The number of H-pyrrole nitrogens is 3. The fourth-order valence-corrected chi connectivity index (χ4v) is 17.8. The molecule has 660 valence electrons. The first kappa shape index (κ1) is 104. The van der Waals surface area contributed by atoms with Crippen molar-refractivity contribution in [1.82, 2.24) is 39.9 Å². The molecule has 0 aliphatic heterocycles. The number of benzene rings is 8. The van der Waals surface area contributed by atoms with Crippen molar-refractivity contribution in [3.8, 4) is 51.0 Å². The molecular formula is C92H101BBr2Cl3IN10O13S3. The lowest BCUT2D eigenvalue weighted by atomic mass is 9.80. The van der Waals surface area contributed by atoms with Crippen LogP contribution in [0.5, 0.6) is 28.7 Å². The van der Waals surface area contributed by atoms with E-state index in [1.165, 1.54) is 31.2 Å². The predicted molar refractivity (Wildman–Crippen MR) is 532 cm³/mol. The molecule has 0 saturated heterocycles. The van der Waals surface area contributed by atoms with E-state index < -0.39 is 36.6 Å². The molecule has 8 aromatic heterocycles. The van der Waals surface area contributed by atoms with Crippen LogP contribution in [0, 0.1) is 38.2 Å². The van der Waals surface area contributed by atoms with Crippen LogP contribution < -0.4 is 35.5 Å². The highest BCUT2D eigenvalue weighted by molar-refractivity contribution is 14.1. The quantitative estimate of drug-likeness (QED) is 0.0349. The number of hydrogen-bond donors (Lipinski definition) is 8. The first-order chi connectivity index (χ1) is 57.5. The van der Waals surface area contributed by atoms with Gasteiger partial charge in [-0.05, 0) is 284 Å². The lowest BCUT2D eigenvalue weighted by molar-refractivity contribution is 0.412. The summed E-state index contributed by atoms with van der Waals surface area (Å²) in [5.74, 6) is 4.61. The third-order valence-electron chi connectivity index (χ3n) is 18.7. The highest BCUT2D eigenvalue weighted by Gasteiger charge is 2.22. The summed E-state index contributed by atoms with van der Waals surface area (Å²) in [6.07, 6.45) is 8.95. The smallest absolute Gasteiger partial charge is 0.488 e. The molecule has 0 amide bonds. The number of sulfone groups is 3. The summed E-state index contributed by atoms with van der Waals surface area (Å²) in [4.78, 5) is 32.0. The van der Waals surface area contributed by atoms with E-state index in [-0.39, 0.29) is 63.1 Å². The Morgan fingerprint density at radius 3 is 1.28 bits per heavy atom. The van der Waals surface area contributed by atoms with Gasteiger partial charge >= 0.3 is 7.12 Å². The minimum absolute atomic E-state index is 0. The van der Waals surface area contributed by atoms with Gasteiger partial charge in [0.05, 0.1) is 100 Å². The molecular weight excluding hydrogens is 1950 g/mol. The van der Waals surface area contributed by atoms with E-state index >= 15 is 0 Å². The number of aryl methyl sites for hydroxylation is 5. The van der Waals surface area contributed by atoms with E-state index in [2.05, 4.69) is 112 Å². The number of nitrogen functional groups attached to an aromatic ring is 1. The Labute approximate surface area is 776 Å². The molecule has 16 aromatic rings. The van der Waals surface area contributed by atoms with Crippen molar-refractivity contribution >= 4 is 214 Å². The summed E-state index contributed by atoms with van der Waals surface area (Å²) in [7, 11) is -4.95. The van der Waals surface area contributed by atoms with Gasteiger partial charge in [0, 0.05) is 73.3 Å². The number of aromatic hydroxyl groups is 1. The molecule has 0 bridgehead atoms. The normalized spacial score (nSPS) is 10.8. The monoisotopic (exact) mass is 2050 g/mol. The molecule has 0 radical (unpaired) electrons. The highest BCUT2D eigenvalue weighted by Crippen LogP contribution is 2.43. The summed E-state index contributed by atoms with van der Waals surface area (Å²) >= 11 is 26.9. The Kier molecular flexibility index (Phi) is 38.1. The number of methoxy groups -OCH3 is 4. The van der Waals surface area contributed by atoms with Crippen LogP contribution in [0.1, 0.15) is 78.3 Å². The molecule has 0 aliphatic rings. The minimum Gasteiger partial charge on any atom is -0.506 e. The number of nitrogens with two attached hydrogens (primary N) is 1. The molecule has 8 aromatic carbocycles. The number of nitrogens with one attached hydrogen (secondary N) is 4. The second-order valence-corrected chi connectivity index (χ2v) is 38.2. The molecule has 16 rings (SSSR count). The first-order valence-corrected chi connectivity index (χ1v) is 45.9. The van der Waals surface area contributed by atoms with E-state index in [9.17, 15) is 30.4 Å². The molecule has 0 unspecified atom stereocenters. The van der Waals surface area contributed by atoms with Gasteiger partial charge in [0.2, 0.25) is 0 Å². The number of phenols is 1. The molecule has 8 heterocycles. The molecule has 125 heavy (non-hydrogen) atoms. The molecule has 9 N–H and O–H groups in total. The SMILES string of the molecule is C.C.C.C.CCS(=O)(=O)c1cccc(-c2ccc(O)c3[nH]c4ncc(C)cc4c23)c1.CCS(=O)(=O)c1cccc(-c2ccc(OC)c3[nH]c4ncc(C)cc4c23)c1.CCS(=O)(=O)c1cccc(B(O)O)c1.COc1ccc(Cl)c2c1[nH]c1ncc(C)cc12.COc1ccc(Cl)cc1I.COc1ccc(Cl)cc1Nc1ncc(C)cc1Br.Cc1cnc(N)c(Br)c1. The Bertz CT molecular complexity index is 6850. The number of anilines is 3. The maximum absolute atomic E-state index is 12.3. The maximum Gasteiger partial charge on any atom is 0.488 e. The molecule has 33 heteroatoms. The van der Waals surface area contributed by atoms with Crippen LogP contribution in [0.3, 0.4) is 0 Å². The zero-order valence-corrected chi connectivity index (χ0v) is 77.6. The average molecular weight is 2050 g/mol. The van der Waals surface area contributed by atoms with Gasteiger partial charge in [0.15, 0.2) is 29.5 Å². The van der Waals surface area contributed by atoms with Gasteiger partial charge in [-0.2, -0.15) is 0 Å². The first-order valence-electron chi connectivity index (χ1n) is 37.2. The number of ether oxygens (including phenoxy) is 4. The number of rotatable bonds is 15. The number of phenolic OH excluding ortho intramolecular Hbond substituents is 1. The van der Waals surface area contributed by atoms with Gasteiger partial charge in [-0.1, -0.05) is 122 Å². The van der Waals surface area contributed by atoms with Crippen molar-refractivity contribution in [3.63, 3.8) is 0 Å². The molecule has 23 nitrogen and oxygen atoms in total. The third kappa shape index (κ3) is 25.4. The zero-order valence-electron chi connectivity index (χ0n) is 67.6. The fraction of sp³-hybridized carbons (Fsp3) is 0.207. The Morgan fingerprint density at radius 2 is 0.832 bits per heavy atom. The summed E-state index contributed by atoms with van der Waals surface area (Å²) < 4.78 is 95.9. The molecule has 0 fully saturated rings. The minimum atomic E-state index is -3.30. The van der Waals surface area contributed by atoms with Gasteiger partial charge in [0.25, 0.3) is 0 Å². The molecule has 0 atom stereocenters. The van der Waals surface area contributed by atoms with Crippen molar-refractivity contribution in [2.45, 2.75) is 99.8 Å². The Hall–Kier alpha value is -10.1. The number of aromatic nitrogens is 8. The number of aromatic amines is 3. The molecule has 0 saturated carbocycles. The van der Waals surface area contributed by atoms with E-state index in [1.54, 1.807) is 115 Å². The van der Waals surface area contributed by atoms with Crippen molar-refractivity contribution in [1.29, 1.82) is 0 Å². The third-order valence-corrected chi connectivity index (χ3v) is 26.8. The van der Waals surface area contributed by atoms with Crippen LogP contribution in [0.15, 0.2) is 231 Å². The van der Waals surface area contributed by atoms with Crippen molar-refractivity contribution in [2.24, 2.45) is 0 Å². The Balaban J connectivity index is 0.000000231. The van der Waals surface area contributed by atoms with Crippen LogP contribution in [-0.2, 0) is 29.5 Å². The second kappa shape index (κ2) is 45.9. The number of fused-ring (bicyclic) bond motifs is 9. The van der Waals surface area contributed by atoms with Crippen molar-refractivity contribution in [2.75, 3.05) is 56.7 Å². The standard InChI is InChI=1S/C21H20N2O3S.C20H18N2O3S.C13H12BrClN2O.C13H11ClN2O.C8H11BO4S.C7H6ClIO.C6H7BrN2.4CH4/c1-4-27(24,25)15-7-5-6-14(11-15)16-8-9-18(26-3)20-19(16)17-10-13(2)12-22-21(17)23-20;1-3-26(24,25)14-6-4-5-13(10-14)15-7-8-17(23)19-18(15)16-9-12(2)11-21-20(16)22-19;1-8-5-10(14)13(16-7-8)17-11-6-9(15)3-4-12(11)18-2;1-7-5-8-11-9(14)3-4-10(17-2)12(11)16-13(8)15-6-7;1-2-14(12,13)8-5-3-4-7(6-8)9(10)11;1-10-7-3-2-5(8)4-6(7)9;1-4-2-5(7)6(8)9-3-4;;;;/h5-12H,4H2,1-3H3,(H,22,23);4-11,23H,3H2,1-2H3,(H,21,22);3-7H,1-2H3,(H,16,17);3-6H,1-2H3,(H,15,16);3-6,10-11H,2H2,1H3;2-4H,1H3;2-3H,1H3,(H2,8,9);4*1H4. The Morgan fingerprint density at radius 1 is 0.448 bits per heavy atom. The average Bonchev–Trinajstić information content (AvgIpc) is 1.61. The van der Waals surface area contributed by atoms with Gasteiger partial charge < -0.3 is 60.1 Å². The highest BCUT2D eigenvalue weighted by atomic mass is 127. The zero-order chi connectivity index (χ0) is 87.9. The molecule has 0 spiro atoms. The van der Waals surface area contributed by atoms with Crippen LogP contribution >= 0.6 is 89.3 Å². The molecule has 0 aliphatic carbocycles. The summed E-state index contributed by atoms with van der Waals surface area (Å²) in [6.45, 7) is 14.8. The van der Waals surface area contributed by atoms with Gasteiger partial charge in [-0.15, -0.1) is 0 Å². The van der Waals surface area contributed by atoms with Gasteiger partial charge in [-0.3, -0.25) is 0 Å². The topological polar surface area (TPSA) is 350 Å². The largest absolute Gasteiger partial charge is 0.506 e. The van der Waals surface area contributed by atoms with Crippen LogP contribution in [0.25, 0.3) is 88.1 Å². The summed E-state index contributed by atoms with van der Waals surface area (Å²) in [5, 5.41) is 39.0. The number of nitrogens with zero attached hydrogens (tertiary/aromatic N) is 5. The van der Waals surface area contributed by atoms with E-state index in [1.807, 2.05) is 132 Å². The number of pyridine rings is 5. The predicted octanol–water partition coefficient (Wildman–Crippen LogP) is 23.3. The summed E-state index contributed by atoms with van der Waals surface area (Å²) in [6, 6.07) is 51.6. The lowest BCUT2D eigenvalue weighted by Gasteiger charge is -2.12. The van der Waals surface area contributed by atoms with Crippen LogP contribution in [-0.4, -0.2) is 133 Å². The van der Waals surface area contributed by atoms with Crippen molar-refractivity contribution in [3.05, 3.63) is 262 Å². The number of hydrogen-bond acceptors (Lipinski definition) is 20. The lowest BCUT2D eigenvalue weighted by Crippen LogP contribution is -2.30.